The summed E-state index contributed by atoms with van der Waals surface area (Å²) in [4.78, 5) is 0. The lowest BCUT2D eigenvalue weighted by Crippen LogP contribution is -2.69. The number of hydrogen-bond donors (Lipinski definition) is 0. The lowest BCUT2D eigenvalue weighted by atomic mass is 10.5. The predicted octanol–water partition coefficient (Wildman–Crippen LogP) is 7.50. The van der Waals surface area contributed by atoms with Crippen LogP contribution in [0.5, 0.6) is 0 Å². The topological polar surface area (TPSA) is 18.5 Å². The van der Waals surface area contributed by atoms with E-state index in [1.807, 2.05) is 0 Å². The average Bonchev–Trinajstić information content (AvgIpc) is 2.44. The summed E-state index contributed by atoms with van der Waals surface area (Å²) in [7, 11) is -4.93. The highest BCUT2D eigenvalue weighted by atomic mass is 31.6. The van der Waals surface area contributed by atoms with Gasteiger partial charge in [0.15, 0.2) is 0 Å². The zero-order valence-corrected chi connectivity index (χ0v) is 22.3. The second-order valence-corrected chi connectivity index (χ2v) is 30.7. The van der Waals surface area contributed by atoms with Crippen molar-refractivity contribution in [1.29, 1.82) is 0 Å². The molecule has 1 rings (SSSR count). The van der Waals surface area contributed by atoms with E-state index in [4.69, 9.17) is 8.23 Å². The minimum Gasteiger partial charge on any atom is -0.432 e. The zero-order valence-electron chi connectivity index (χ0n) is 18.3. The van der Waals surface area contributed by atoms with Gasteiger partial charge in [-0.3, -0.25) is 0 Å². The van der Waals surface area contributed by atoms with Gasteiger partial charge in [-0.1, -0.05) is 90.8 Å². The minimum atomic E-state index is -2.23. The van der Waals surface area contributed by atoms with Crippen molar-refractivity contribution in [3.8, 4) is 0 Å². The molecule has 0 radical (unpaired) electrons. The first-order valence-corrected chi connectivity index (χ1v) is 19.1. The summed E-state index contributed by atoms with van der Waals surface area (Å²) < 4.78 is 14.7. The van der Waals surface area contributed by atoms with Crippen molar-refractivity contribution in [1.82, 2.24) is 0 Å². The van der Waals surface area contributed by atoms with Gasteiger partial charge in [-0.05, 0) is 33.2 Å². The van der Waals surface area contributed by atoms with Crippen LogP contribution in [0.3, 0.4) is 0 Å². The largest absolute Gasteiger partial charge is 0.432 e. The Hall–Kier alpha value is 1.00. The monoisotopic (exact) mass is 406 g/mol. The Kier molecular flexibility index (Phi) is 7.62. The van der Waals surface area contributed by atoms with E-state index in [1.54, 1.807) is 0 Å². The molecular weight excluding hydrogens is 363 g/mol. The fourth-order valence-electron chi connectivity index (χ4n) is 4.43. The molecule has 1 aliphatic rings. The van der Waals surface area contributed by atoms with Crippen molar-refractivity contribution in [3.05, 3.63) is 0 Å². The van der Waals surface area contributed by atoms with Gasteiger partial charge in [0, 0.05) is 0 Å². The van der Waals surface area contributed by atoms with Crippen LogP contribution in [0.4, 0.5) is 0 Å². The fourth-order valence-corrected chi connectivity index (χ4v) is 50.6. The van der Waals surface area contributed by atoms with Crippen molar-refractivity contribution < 1.29 is 8.23 Å². The Morgan fingerprint density at radius 2 is 0.708 bits per heavy atom. The SMILES string of the molecule is CC(C)[Si]1(C(C)C)O[Si](C(C)C)(C(C)C)P[Si](C(C)C)(C(C)C)O1. The average molecular weight is 407 g/mol. The molecule has 0 saturated carbocycles. The maximum atomic E-state index is 7.37. The summed E-state index contributed by atoms with van der Waals surface area (Å²) >= 11 is 0. The quantitative estimate of drug-likeness (QED) is 0.336. The molecule has 1 aliphatic heterocycles. The van der Waals surface area contributed by atoms with Crippen LogP contribution >= 0.6 is 7.68 Å². The highest BCUT2D eigenvalue weighted by molar-refractivity contribution is 8.07. The van der Waals surface area contributed by atoms with Crippen LogP contribution in [-0.4, -0.2) is 24.5 Å². The molecular formula is C18H43O2PSi3. The summed E-state index contributed by atoms with van der Waals surface area (Å²) in [5.74, 6) is 0. The Morgan fingerprint density at radius 3 is 0.875 bits per heavy atom. The van der Waals surface area contributed by atoms with E-state index in [1.165, 1.54) is 0 Å². The Balaban J connectivity index is 3.68. The van der Waals surface area contributed by atoms with Gasteiger partial charge in [0.25, 0.3) is 0 Å². The van der Waals surface area contributed by atoms with Crippen LogP contribution in [0.2, 0.25) is 33.2 Å². The molecule has 144 valence electrons. The molecule has 0 N–H and O–H groups in total. The van der Waals surface area contributed by atoms with E-state index >= 15 is 0 Å². The van der Waals surface area contributed by atoms with Crippen LogP contribution in [-0.2, 0) is 8.23 Å². The third kappa shape index (κ3) is 3.68. The molecule has 0 unspecified atom stereocenters. The van der Waals surface area contributed by atoms with E-state index in [9.17, 15) is 0 Å². The van der Waals surface area contributed by atoms with Crippen molar-refractivity contribution >= 4 is 32.2 Å². The molecule has 1 heterocycles. The molecule has 0 bridgehead atoms. The number of rotatable bonds is 6. The van der Waals surface area contributed by atoms with Gasteiger partial charge in [0.05, 0.1) is 0 Å². The molecule has 6 heteroatoms. The van der Waals surface area contributed by atoms with Gasteiger partial charge in [0.2, 0.25) is 16.0 Å². The van der Waals surface area contributed by atoms with Crippen LogP contribution in [0.1, 0.15) is 83.1 Å². The summed E-state index contributed by atoms with van der Waals surface area (Å²) in [5, 5.41) is 0. The van der Waals surface area contributed by atoms with Gasteiger partial charge in [-0.2, -0.15) is 0 Å². The highest BCUT2D eigenvalue weighted by Crippen LogP contribution is 2.64. The van der Waals surface area contributed by atoms with Gasteiger partial charge in [-0.25, -0.2) is 0 Å². The molecule has 0 atom stereocenters. The van der Waals surface area contributed by atoms with Gasteiger partial charge >= 0.3 is 8.56 Å². The highest BCUT2D eigenvalue weighted by Gasteiger charge is 2.66. The van der Waals surface area contributed by atoms with Crippen molar-refractivity contribution in [2.75, 3.05) is 0 Å². The van der Waals surface area contributed by atoms with E-state index in [2.05, 4.69) is 83.1 Å². The Labute approximate surface area is 156 Å². The first-order valence-electron chi connectivity index (χ1n) is 9.98. The summed E-state index contributed by atoms with van der Waals surface area (Å²) in [6.07, 6.45) is 0. The second-order valence-electron chi connectivity index (χ2n) is 9.56. The Bertz CT molecular complexity index is 325. The third-order valence-corrected chi connectivity index (χ3v) is 40.3. The Morgan fingerprint density at radius 1 is 0.458 bits per heavy atom. The molecule has 0 aromatic heterocycles. The van der Waals surface area contributed by atoms with Crippen LogP contribution in [0.25, 0.3) is 0 Å². The molecule has 1 fully saturated rings. The summed E-state index contributed by atoms with van der Waals surface area (Å²) in [5.41, 5.74) is 3.75. The normalized spacial score (nSPS) is 23.2. The standard InChI is InChI=1S/C18H43O2PSi3/c1-13(2)22(14(3)4)19-23(15(5)6,16(7)8)21-24(20-22,17(9)10)18(11)12/h13-18,21H,1-12H3. The molecule has 0 aliphatic carbocycles. The minimum absolute atomic E-state index is 0.524. The van der Waals surface area contributed by atoms with E-state index in [-0.39, 0.29) is 0 Å². The van der Waals surface area contributed by atoms with Crippen molar-refractivity contribution in [2.24, 2.45) is 0 Å². The van der Waals surface area contributed by atoms with Gasteiger partial charge in [-0.15, -0.1) is 0 Å². The maximum Gasteiger partial charge on any atom is 0.323 e. The summed E-state index contributed by atoms with van der Waals surface area (Å²) in [6, 6.07) is 0. The molecule has 1 saturated heterocycles. The summed E-state index contributed by atoms with van der Waals surface area (Å²) in [6.45, 7) is 28.9. The molecule has 2 nitrogen and oxygen atoms in total. The van der Waals surface area contributed by atoms with Crippen molar-refractivity contribution in [3.63, 3.8) is 0 Å². The number of hydrogen-bond acceptors (Lipinski definition) is 2. The van der Waals surface area contributed by atoms with E-state index in [0.717, 1.165) is 7.68 Å². The zero-order chi connectivity index (χ0) is 19.1. The maximum absolute atomic E-state index is 7.37. The van der Waals surface area contributed by atoms with Gasteiger partial charge < -0.3 is 8.23 Å². The van der Waals surface area contributed by atoms with Gasteiger partial charge in [0.1, 0.15) is 0 Å². The van der Waals surface area contributed by atoms with Crippen molar-refractivity contribution in [2.45, 2.75) is 116 Å². The third-order valence-electron chi connectivity index (χ3n) is 6.09. The van der Waals surface area contributed by atoms with Crippen LogP contribution < -0.4 is 0 Å². The first-order chi connectivity index (χ1) is 10.8. The molecule has 24 heavy (non-hydrogen) atoms. The molecule has 0 spiro atoms. The van der Waals surface area contributed by atoms with E-state index < -0.39 is 24.5 Å². The van der Waals surface area contributed by atoms with Crippen LogP contribution in [0, 0.1) is 0 Å². The van der Waals surface area contributed by atoms with E-state index in [0.29, 0.717) is 33.2 Å². The predicted molar refractivity (Wildman–Crippen MR) is 118 cm³/mol. The lowest BCUT2D eigenvalue weighted by Gasteiger charge is -2.61. The fraction of sp³-hybridized carbons (Fsp3) is 1.00. The second kappa shape index (κ2) is 7.94. The molecule has 0 amide bonds. The lowest BCUT2D eigenvalue weighted by molar-refractivity contribution is 0.326. The first kappa shape index (κ1) is 23.0. The smallest absolute Gasteiger partial charge is 0.323 e. The molecule has 0 aromatic rings. The van der Waals surface area contributed by atoms with Crippen LogP contribution in [0.15, 0.2) is 0 Å². The molecule has 0 aromatic carbocycles.